The molecular formula is C15H18BrNO2. The molecule has 1 N–H and O–H groups in total. The molecule has 2 fully saturated rings. The van der Waals surface area contributed by atoms with E-state index in [-0.39, 0.29) is 5.91 Å². The van der Waals surface area contributed by atoms with Crippen LogP contribution in [0.5, 0.6) is 0 Å². The van der Waals surface area contributed by atoms with Gasteiger partial charge in [0.05, 0.1) is 0 Å². The van der Waals surface area contributed by atoms with Crippen LogP contribution >= 0.6 is 15.9 Å². The number of halogens is 1. The number of rotatable bonds is 2. The third-order valence-electron chi connectivity index (χ3n) is 4.57. The van der Waals surface area contributed by atoms with Crippen LogP contribution < -0.4 is 5.32 Å². The Labute approximate surface area is 121 Å². The van der Waals surface area contributed by atoms with E-state index < -0.39 is 0 Å². The maximum absolute atomic E-state index is 12.2. The highest BCUT2D eigenvalue weighted by Crippen LogP contribution is 2.48. The molecule has 3 rings (SSSR count). The first-order chi connectivity index (χ1) is 9.20. The molecular weight excluding hydrogens is 306 g/mol. The van der Waals surface area contributed by atoms with Gasteiger partial charge in [-0.1, -0.05) is 15.9 Å². The number of hydrogen-bond acceptors (Lipinski definition) is 2. The van der Waals surface area contributed by atoms with E-state index in [2.05, 4.69) is 21.2 Å². The zero-order valence-corrected chi connectivity index (χ0v) is 12.4. The van der Waals surface area contributed by atoms with E-state index >= 15 is 0 Å². The average molecular weight is 324 g/mol. The minimum atomic E-state index is 0.0445. The molecule has 1 saturated heterocycles. The maximum atomic E-state index is 12.2. The van der Waals surface area contributed by atoms with E-state index in [0.717, 1.165) is 42.5 Å². The summed E-state index contributed by atoms with van der Waals surface area (Å²) in [5, 5.41) is 3.20. The van der Waals surface area contributed by atoms with Crippen molar-refractivity contribution < 1.29 is 9.53 Å². The molecule has 0 radical (unpaired) electrons. The summed E-state index contributed by atoms with van der Waals surface area (Å²) in [6.07, 6.45) is 4.49. The molecule has 1 atom stereocenters. The van der Waals surface area contributed by atoms with Crippen LogP contribution in [0.3, 0.4) is 0 Å². The maximum Gasteiger partial charge on any atom is 0.251 e. The first kappa shape index (κ1) is 13.1. The Kier molecular flexibility index (Phi) is 3.63. The lowest BCUT2D eigenvalue weighted by Gasteiger charge is -2.52. The van der Waals surface area contributed by atoms with Crippen molar-refractivity contribution in [3.63, 3.8) is 0 Å². The molecule has 4 heteroatoms. The van der Waals surface area contributed by atoms with Gasteiger partial charge in [-0.3, -0.25) is 4.79 Å². The minimum absolute atomic E-state index is 0.0445. The molecule has 0 aromatic heterocycles. The highest BCUT2D eigenvalue weighted by Gasteiger charge is 2.47. The molecule has 0 bridgehead atoms. The number of hydrogen-bond donors (Lipinski definition) is 1. The molecule has 1 unspecified atom stereocenters. The van der Waals surface area contributed by atoms with Crippen molar-refractivity contribution in [2.45, 2.75) is 31.7 Å². The average Bonchev–Trinajstić information content (AvgIpc) is 2.45. The van der Waals surface area contributed by atoms with Crippen molar-refractivity contribution in [3.05, 3.63) is 34.3 Å². The van der Waals surface area contributed by atoms with Crippen molar-refractivity contribution in [1.29, 1.82) is 0 Å². The highest BCUT2D eigenvalue weighted by atomic mass is 79.9. The van der Waals surface area contributed by atoms with Gasteiger partial charge in [-0.2, -0.15) is 0 Å². The van der Waals surface area contributed by atoms with Crippen molar-refractivity contribution in [2.75, 3.05) is 13.2 Å². The van der Waals surface area contributed by atoms with Gasteiger partial charge in [0.1, 0.15) is 0 Å². The van der Waals surface area contributed by atoms with E-state index in [1.807, 2.05) is 24.3 Å². The number of carbonyl (C=O) groups excluding carboxylic acids is 1. The summed E-state index contributed by atoms with van der Waals surface area (Å²) in [7, 11) is 0. The monoisotopic (exact) mass is 323 g/mol. The van der Waals surface area contributed by atoms with Crippen molar-refractivity contribution >= 4 is 21.8 Å². The van der Waals surface area contributed by atoms with E-state index in [1.165, 1.54) is 6.42 Å². The fourth-order valence-electron chi connectivity index (χ4n) is 3.14. The van der Waals surface area contributed by atoms with Crippen molar-refractivity contribution in [1.82, 2.24) is 5.32 Å². The SMILES string of the molecule is O=C(NC1CCC12CCOCC2)c1ccc(Br)cc1. The quantitative estimate of drug-likeness (QED) is 0.908. The Morgan fingerprint density at radius 2 is 1.89 bits per heavy atom. The summed E-state index contributed by atoms with van der Waals surface area (Å²) in [5.41, 5.74) is 1.04. The Balaban J connectivity index is 1.65. The van der Waals surface area contributed by atoms with Crippen LogP contribution in [0.15, 0.2) is 28.7 Å². The van der Waals surface area contributed by atoms with E-state index in [9.17, 15) is 4.79 Å². The number of amides is 1. The predicted molar refractivity (Wildman–Crippen MR) is 77.1 cm³/mol. The number of ether oxygens (including phenoxy) is 1. The Morgan fingerprint density at radius 3 is 2.47 bits per heavy atom. The Bertz CT molecular complexity index is 466. The molecule has 1 amide bonds. The normalized spacial score (nSPS) is 24.8. The summed E-state index contributed by atoms with van der Waals surface area (Å²) in [4.78, 5) is 12.2. The standard InChI is InChI=1S/C15H18BrNO2/c16-12-3-1-11(2-4-12)14(18)17-13-5-6-15(13)7-9-19-10-8-15/h1-4,13H,5-10H2,(H,17,18). The van der Waals surface area contributed by atoms with Gasteiger partial charge in [-0.05, 0) is 55.4 Å². The number of benzene rings is 1. The molecule has 19 heavy (non-hydrogen) atoms. The lowest BCUT2D eigenvalue weighted by molar-refractivity contribution is -0.0523. The second-order valence-corrected chi connectivity index (χ2v) is 6.46. The van der Waals surface area contributed by atoms with Gasteiger partial charge in [0.15, 0.2) is 0 Å². The van der Waals surface area contributed by atoms with Crippen molar-refractivity contribution in [2.24, 2.45) is 5.41 Å². The predicted octanol–water partition coefficient (Wildman–Crippen LogP) is 3.14. The Morgan fingerprint density at radius 1 is 1.21 bits per heavy atom. The van der Waals surface area contributed by atoms with Crippen LogP contribution in [0.1, 0.15) is 36.0 Å². The smallest absolute Gasteiger partial charge is 0.251 e. The van der Waals surface area contributed by atoms with Gasteiger partial charge in [0.25, 0.3) is 5.91 Å². The lowest BCUT2D eigenvalue weighted by Crippen LogP contribution is -2.57. The summed E-state index contributed by atoms with van der Waals surface area (Å²) in [5.74, 6) is 0.0445. The zero-order valence-electron chi connectivity index (χ0n) is 10.8. The molecule has 102 valence electrons. The molecule has 1 aromatic rings. The Hall–Kier alpha value is -0.870. The second-order valence-electron chi connectivity index (χ2n) is 5.55. The molecule has 3 nitrogen and oxygen atoms in total. The third kappa shape index (κ3) is 2.56. The van der Waals surface area contributed by atoms with Gasteiger partial charge >= 0.3 is 0 Å². The zero-order chi connectivity index (χ0) is 13.3. The van der Waals surface area contributed by atoms with Crippen LogP contribution in [-0.2, 0) is 4.74 Å². The largest absolute Gasteiger partial charge is 0.381 e. The fourth-order valence-corrected chi connectivity index (χ4v) is 3.41. The van der Waals surface area contributed by atoms with E-state index in [0.29, 0.717) is 11.5 Å². The molecule has 1 spiro atoms. The minimum Gasteiger partial charge on any atom is -0.381 e. The van der Waals surface area contributed by atoms with E-state index in [1.54, 1.807) is 0 Å². The first-order valence-electron chi connectivity index (χ1n) is 6.84. The van der Waals surface area contributed by atoms with Gasteiger partial charge in [-0.25, -0.2) is 0 Å². The summed E-state index contributed by atoms with van der Waals surface area (Å²) in [6.45, 7) is 1.68. The second kappa shape index (κ2) is 5.25. The summed E-state index contributed by atoms with van der Waals surface area (Å²) < 4.78 is 6.43. The molecule has 1 heterocycles. The summed E-state index contributed by atoms with van der Waals surface area (Å²) in [6, 6.07) is 7.84. The molecule has 2 aliphatic rings. The number of nitrogens with one attached hydrogen (secondary N) is 1. The van der Waals surface area contributed by atoms with Gasteiger partial charge in [0, 0.05) is 29.3 Å². The van der Waals surface area contributed by atoms with Gasteiger partial charge in [0.2, 0.25) is 0 Å². The van der Waals surface area contributed by atoms with Crippen LogP contribution in [0, 0.1) is 5.41 Å². The van der Waals surface area contributed by atoms with Crippen LogP contribution in [0.25, 0.3) is 0 Å². The summed E-state index contributed by atoms with van der Waals surface area (Å²) >= 11 is 3.38. The topological polar surface area (TPSA) is 38.3 Å². The van der Waals surface area contributed by atoms with Crippen LogP contribution in [0.4, 0.5) is 0 Å². The lowest BCUT2D eigenvalue weighted by atomic mass is 9.60. The molecule has 1 aromatic carbocycles. The molecule has 1 saturated carbocycles. The van der Waals surface area contributed by atoms with Crippen LogP contribution in [-0.4, -0.2) is 25.2 Å². The fraction of sp³-hybridized carbons (Fsp3) is 0.533. The molecule has 1 aliphatic heterocycles. The van der Waals surface area contributed by atoms with Gasteiger partial charge < -0.3 is 10.1 Å². The molecule has 1 aliphatic carbocycles. The number of carbonyl (C=O) groups is 1. The first-order valence-corrected chi connectivity index (χ1v) is 7.63. The highest BCUT2D eigenvalue weighted by molar-refractivity contribution is 9.10. The van der Waals surface area contributed by atoms with E-state index in [4.69, 9.17) is 4.74 Å². The van der Waals surface area contributed by atoms with Crippen molar-refractivity contribution in [3.8, 4) is 0 Å². The van der Waals surface area contributed by atoms with Gasteiger partial charge in [-0.15, -0.1) is 0 Å². The third-order valence-corrected chi connectivity index (χ3v) is 5.10. The van der Waals surface area contributed by atoms with Crippen LogP contribution in [0.2, 0.25) is 0 Å².